The van der Waals surface area contributed by atoms with E-state index < -0.39 is 5.97 Å². The summed E-state index contributed by atoms with van der Waals surface area (Å²) in [4.78, 5) is 10.6. The summed E-state index contributed by atoms with van der Waals surface area (Å²) in [5, 5.41) is 18.1. The summed E-state index contributed by atoms with van der Waals surface area (Å²) in [7, 11) is 0. The Morgan fingerprint density at radius 3 is 2.43 bits per heavy atom. The number of aliphatic hydroxyl groups excluding tert-OH is 1. The normalized spacial score (nSPS) is 15.1. The summed E-state index contributed by atoms with van der Waals surface area (Å²) in [6, 6.07) is 0. The highest BCUT2D eigenvalue weighted by molar-refractivity contribution is 6.17. The summed E-state index contributed by atoms with van der Waals surface area (Å²) in [6.07, 6.45) is 2.91. The monoisotopic (exact) mass is 222 g/mol. The number of rotatable bonds is 8. The highest BCUT2D eigenvalue weighted by Crippen LogP contribution is 2.14. The molecule has 4 heteroatoms. The maximum atomic E-state index is 10.6. The van der Waals surface area contributed by atoms with E-state index >= 15 is 0 Å². The van der Waals surface area contributed by atoms with Crippen molar-refractivity contribution < 1.29 is 15.0 Å². The second kappa shape index (κ2) is 8.06. The van der Waals surface area contributed by atoms with Crippen molar-refractivity contribution in [2.45, 2.75) is 45.1 Å². The molecule has 0 saturated carbocycles. The largest absolute Gasteiger partial charge is 0.481 e. The predicted molar refractivity (Wildman–Crippen MR) is 56.6 cm³/mol. The fraction of sp³-hybridized carbons (Fsp3) is 0.900. The van der Waals surface area contributed by atoms with Crippen LogP contribution < -0.4 is 0 Å². The molecule has 0 heterocycles. The van der Waals surface area contributed by atoms with Crippen molar-refractivity contribution in [2.24, 2.45) is 5.92 Å². The minimum Gasteiger partial charge on any atom is -0.481 e. The lowest BCUT2D eigenvalue weighted by Gasteiger charge is -2.11. The van der Waals surface area contributed by atoms with Gasteiger partial charge in [-0.3, -0.25) is 4.79 Å². The first-order chi connectivity index (χ1) is 6.61. The molecule has 0 aliphatic carbocycles. The van der Waals surface area contributed by atoms with Crippen LogP contribution in [0.3, 0.4) is 0 Å². The number of carbonyl (C=O) groups is 1. The molecule has 0 amide bonds. The van der Waals surface area contributed by atoms with Crippen molar-refractivity contribution in [3.63, 3.8) is 0 Å². The Bertz CT molecular complexity index is 161. The van der Waals surface area contributed by atoms with E-state index in [-0.39, 0.29) is 12.0 Å². The van der Waals surface area contributed by atoms with Crippen molar-refractivity contribution in [3.8, 4) is 0 Å². The quantitative estimate of drug-likeness (QED) is 0.620. The summed E-state index contributed by atoms with van der Waals surface area (Å²) in [5.41, 5.74) is 0. The Labute approximate surface area is 90.1 Å². The molecule has 2 atom stereocenters. The minimum absolute atomic E-state index is 0.266. The summed E-state index contributed by atoms with van der Waals surface area (Å²) < 4.78 is 0. The number of halogens is 1. The van der Waals surface area contributed by atoms with Gasteiger partial charge in [-0.2, -0.15) is 0 Å². The van der Waals surface area contributed by atoms with E-state index in [1.807, 2.05) is 6.92 Å². The molecular formula is C10H19ClO3. The second-order valence-electron chi connectivity index (χ2n) is 3.51. The van der Waals surface area contributed by atoms with Crippen LogP contribution >= 0.6 is 11.6 Å². The zero-order valence-electron chi connectivity index (χ0n) is 8.58. The topological polar surface area (TPSA) is 57.5 Å². The van der Waals surface area contributed by atoms with Crippen molar-refractivity contribution in [2.75, 3.05) is 5.88 Å². The van der Waals surface area contributed by atoms with Gasteiger partial charge in [-0.1, -0.05) is 13.3 Å². The molecule has 0 rings (SSSR count). The van der Waals surface area contributed by atoms with Gasteiger partial charge in [0, 0.05) is 5.88 Å². The molecule has 84 valence electrons. The van der Waals surface area contributed by atoms with Crippen molar-refractivity contribution in [1.82, 2.24) is 0 Å². The van der Waals surface area contributed by atoms with Gasteiger partial charge in [0.25, 0.3) is 0 Å². The molecular weight excluding hydrogens is 204 g/mol. The summed E-state index contributed by atoms with van der Waals surface area (Å²) >= 11 is 5.46. The van der Waals surface area contributed by atoms with E-state index in [1.54, 1.807) is 0 Å². The molecule has 0 aromatic carbocycles. The van der Waals surface area contributed by atoms with Crippen LogP contribution in [0.4, 0.5) is 0 Å². The minimum atomic E-state index is -0.737. The highest BCUT2D eigenvalue weighted by Gasteiger charge is 2.14. The number of alkyl halides is 1. The molecule has 0 saturated heterocycles. The van der Waals surface area contributed by atoms with Crippen LogP contribution in [-0.4, -0.2) is 28.2 Å². The van der Waals surface area contributed by atoms with E-state index in [1.165, 1.54) is 0 Å². The Morgan fingerprint density at radius 1 is 1.36 bits per heavy atom. The molecule has 0 aliphatic rings. The van der Waals surface area contributed by atoms with Crippen molar-refractivity contribution in [1.29, 1.82) is 0 Å². The Hall–Kier alpha value is -0.280. The van der Waals surface area contributed by atoms with Gasteiger partial charge in [-0.05, 0) is 25.7 Å². The van der Waals surface area contributed by atoms with Gasteiger partial charge in [0.15, 0.2) is 0 Å². The molecule has 0 aromatic heterocycles. The number of hydrogen-bond donors (Lipinski definition) is 2. The molecule has 0 spiro atoms. The third-order valence-electron chi connectivity index (χ3n) is 2.37. The standard InChI is InChI=1S/C10H19ClO3/c1-2-8(10(13)14)4-3-5-9(12)6-7-11/h8-9,12H,2-7H2,1H3,(H,13,14)/t8-,9?/m1/s1. The lowest BCUT2D eigenvalue weighted by atomic mass is 9.98. The van der Waals surface area contributed by atoms with Crippen LogP contribution in [0.2, 0.25) is 0 Å². The van der Waals surface area contributed by atoms with Gasteiger partial charge in [0.1, 0.15) is 0 Å². The molecule has 0 aromatic rings. The van der Waals surface area contributed by atoms with Crippen molar-refractivity contribution in [3.05, 3.63) is 0 Å². The Balaban J connectivity index is 3.55. The van der Waals surface area contributed by atoms with Gasteiger partial charge >= 0.3 is 5.97 Å². The average molecular weight is 223 g/mol. The van der Waals surface area contributed by atoms with E-state index in [0.717, 1.165) is 6.42 Å². The van der Waals surface area contributed by atoms with E-state index in [0.29, 0.717) is 31.6 Å². The first-order valence-electron chi connectivity index (χ1n) is 5.08. The maximum absolute atomic E-state index is 10.6. The van der Waals surface area contributed by atoms with Crippen LogP contribution in [0.25, 0.3) is 0 Å². The van der Waals surface area contributed by atoms with Crippen LogP contribution in [-0.2, 0) is 4.79 Å². The molecule has 14 heavy (non-hydrogen) atoms. The first kappa shape index (κ1) is 13.7. The highest BCUT2D eigenvalue weighted by atomic mass is 35.5. The SMILES string of the molecule is CC[C@H](CCCC(O)CCCl)C(=O)O. The van der Waals surface area contributed by atoms with Gasteiger partial charge in [0.2, 0.25) is 0 Å². The number of aliphatic carboxylic acids is 1. The van der Waals surface area contributed by atoms with E-state index in [9.17, 15) is 9.90 Å². The van der Waals surface area contributed by atoms with Gasteiger partial charge < -0.3 is 10.2 Å². The predicted octanol–water partition coefficient (Wildman–Crippen LogP) is 2.26. The van der Waals surface area contributed by atoms with Crippen molar-refractivity contribution >= 4 is 17.6 Å². The number of aliphatic hydroxyl groups is 1. The van der Waals surface area contributed by atoms with Crippen LogP contribution in [0.15, 0.2) is 0 Å². The average Bonchev–Trinajstić information content (AvgIpc) is 2.12. The second-order valence-corrected chi connectivity index (χ2v) is 3.88. The molecule has 0 radical (unpaired) electrons. The fourth-order valence-electron chi connectivity index (χ4n) is 1.37. The van der Waals surface area contributed by atoms with Gasteiger partial charge in [0.05, 0.1) is 12.0 Å². The summed E-state index contributed by atoms with van der Waals surface area (Å²) in [5.74, 6) is -0.547. The van der Waals surface area contributed by atoms with Crippen LogP contribution in [0.1, 0.15) is 39.0 Å². The molecule has 1 unspecified atom stereocenters. The molecule has 0 fully saturated rings. The maximum Gasteiger partial charge on any atom is 0.306 e. The first-order valence-corrected chi connectivity index (χ1v) is 5.62. The smallest absolute Gasteiger partial charge is 0.306 e. The number of carboxylic acids is 1. The molecule has 3 nitrogen and oxygen atoms in total. The lowest BCUT2D eigenvalue weighted by molar-refractivity contribution is -0.142. The molecule has 0 bridgehead atoms. The zero-order chi connectivity index (χ0) is 11.0. The zero-order valence-corrected chi connectivity index (χ0v) is 9.33. The molecule has 2 N–H and O–H groups in total. The van der Waals surface area contributed by atoms with Crippen LogP contribution in [0.5, 0.6) is 0 Å². The van der Waals surface area contributed by atoms with Gasteiger partial charge in [-0.25, -0.2) is 0 Å². The Morgan fingerprint density at radius 2 is 2.00 bits per heavy atom. The summed E-state index contributed by atoms with van der Waals surface area (Å²) in [6.45, 7) is 1.87. The van der Waals surface area contributed by atoms with Gasteiger partial charge in [-0.15, -0.1) is 11.6 Å². The third-order valence-corrected chi connectivity index (χ3v) is 2.59. The lowest BCUT2D eigenvalue weighted by Crippen LogP contribution is -2.14. The van der Waals surface area contributed by atoms with E-state index in [2.05, 4.69) is 0 Å². The number of carboxylic acid groups (broad SMARTS) is 1. The molecule has 0 aliphatic heterocycles. The fourth-order valence-corrected chi connectivity index (χ4v) is 1.62. The third kappa shape index (κ3) is 6.22. The van der Waals surface area contributed by atoms with E-state index in [4.69, 9.17) is 16.7 Å². The Kier molecular flexibility index (Phi) is 7.90. The number of hydrogen-bond acceptors (Lipinski definition) is 2. The van der Waals surface area contributed by atoms with Crippen LogP contribution in [0, 0.1) is 5.92 Å².